The highest BCUT2D eigenvalue weighted by Gasteiger charge is 1.98. The molecule has 1 heterocycles. The molecular formula is C11H9BrN2O. The van der Waals surface area contributed by atoms with Crippen molar-refractivity contribution in [2.75, 3.05) is 0 Å². The number of hydrogen-bond donors (Lipinski definition) is 0. The number of aromatic nitrogens is 2. The summed E-state index contributed by atoms with van der Waals surface area (Å²) in [6, 6.07) is 7.57. The van der Waals surface area contributed by atoms with Crippen molar-refractivity contribution in [3.63, 3.8) is 0 Å². The van der Waals surface area contributed by atoms with Crippen LogP contribution in [0.1, 0.15) is 5.69 Å². The fourth-order valence-corrected chi connectivity index (χ4v) is 1.38. The van der Waals surface area contributed by atoms with Crippen molar-refractivity contribution in [1.29, 1.82) is 0 Å². The maximum Gasteiger partial charge on any atom is 0.238 e. The molecule has 1 aromatic carbocycles. The molecule has 2 aromatic rings. The number of benzene rings is 1. The Kier molecular flexibility index (Phi) is 2.97. The van der Waals surface area contributed by atoms with Crippen LogP contribution in [0.5, 0.6) is 11.6 Å². The largest absolute Gasteiger partial charge is 0.437 e. The molecule has 15 heavy (non-hydrogen) atoms. The molecule has 2 rings (SSSR count). The Morgan fingerprint density at radius 1 is 1.13 bits per heavy atom. The normalized spacial score (nSPS) is 10.0. The van der Waals surface area contributed by atoms with E-state index in [0.29, 0.717) is 5.88 Å². The van der Waals surface area contributed by atoms with E-state index in [9.17, 15) is 0 Å². The van der Waals surface area contributed by atoms with Crippen LogP contribution in [-0.4, -0.2) is 9.97 Å². The van der Waals surface area contributed by atoms with Gasteiger partial charge in [0.05, 0.1) is 11.9 Å². The first kappa shape index (κ1) is 10.1. The molecule has 0 unspecified atom stereocenters. The van der Waals surface area contributed by atoms with E-state index in [-0.39, 0.29) is 0 Å². The minimum atomic E-state index is 0.511. The molecule has 0 aliphatic carbocycles. The van der Waals surface area contributed by atoms with E-state index >= 15 is 0 Å². The summed E-state index contributed by atoms with van der Waals surface area (Å²) in [6.45, 7) is 1.88. The zero-order valence-corrected chi connectivity index (χ0v) is 9.73. The van der Waals surface area contributed by atoms with Gasteiger partial charge in [-0.2, -0.15) is 0 Å². The third-order valence-corrected chi connectivity index (χ3v) is 2.30. The number of nitrogens with zero attached hydrogens (tertiary/aromatic N) is 2. The molecule has 0 bridgehead atoms. The Morgan fingerprint density at radius 2 is 1.87 bits per heavy atom. The summed E-state index contributed by atoms with van der Waals surface area (Å²) >= 11 is 3.36. The van der Waals surface area contributed by atoms with Crippen LogP contribution in [0, 0.1) is 6.92 Å². The van der Waals surface area contributed by atoms with E-state index in [0.717, 1.165) is 15.9 Å². The van der Waals surface area contributed by atoms with Gasteiger partial charge in [-0.3, -0.25) is 4.98 Å². The van der Waals surface area contributed by atoms with E-state index < -0.39 is 0 Å². The van der Waals surface area contributed by atoms with Gasteiger partial charge in [0.2, 0.25) is 5.88 Å². The van der Waals surface area contributed by atoms with E-state index in [1.807, 2.05) is 31.2 Å². The van der Waals surface area contributed by atoms with Crippen molar-refractivity contribution < 1.29 is 4.74 Å². The van der Waals surface area contributed by atoms with Gasteiger partial charge in [0.25, 0.3) is 0 Å². The first-order chi connectivity index (χ1) is 7.24. The molecule has 0 fully saturated rings. The molecule has 0 amide bonds. The lowest BCUT2D eigenvalue weighted by molar-refractivity contribution is 0.458. The second-order valence-corrected chi connectivity index (χ2v) is 3.97. The fourth-order valence-electron chi connectivity index (χ4n) is 1.11. The molecule has 0 spiro atoms. The lowest BCUT2D eigenvalue weighted by Gasteiger charge is -2.04. The minimum Gasteiger partial charge on any atom is -0.437 e. The van der Waals surface area contributed by atoms with Crippen LogP contribution in [0.15, 0.2) is 41.1 Å². The first-order valence-corrected chi connectivity index (χ1v) is 5.25. The van der Waals surface area contributed by atoms with E-state index in [1.54, 1.807) is 12.4 Å². The monoisotopic (exact) mass is 264 g/mol. The van der Waals surface area contributed by atoms with Gasteiger partial charge in [0.15, 0.2) is 0 Å². The summed E-state index contributed by atoms with van der Waals surface area (Å²) < 4.78 is 6.54. The smallest absolute Gasteiger partial charge is 0.238 e. The molecule has 4 heteroatoms. The molecule has 0 N–H and O–H groups in total. The molecule has 0 saturated carbocycles. The van der Waals surface area contributed by atoms with Gasteiger partial charge in [-0.05, 0) is 31.2 Å². The number of hydrogen-bond acceptors (Lipinski definition) is 3. The summed E-state index contributed by atoms with van der Waals surface area (Å²) in [5.41, 5.74) is 0.838. The highest BCUT2D eigenvalue weighted by Crippen LogP contribution is 2.20. The number of rotatable bonds is 2. The summed E-state index contributed by atoms with van der Waals surface area (Å²) in [6.07, 6.45) is 3.28. The van der Waals surface area contributed by atoms with Gasteiger partial charge in [-0.25, -0.2) is 4.98 Å². The van der Waals surface area contributed by atoms with E-state index in [4.69, 9.17) is 4.74 Å². The van der Waals surface area contributed by atoms with Gasteiger partial charge in [0.1, 0.15) is 5.75 Å². The predicted molar refractivity (Wildman–Crippen MR) is 61.0 cm³/mol. The molecule has 0 atom stereocenters. The molecular weight excluding hydrogens is 256 g/mol. The highest BCUT2D eigenvalue weighted by molar-refractivity contribution is 9.10. The Morgan fingerprint density at radius 3 is 2.53 bits per heavy atom. The zero-order chi connectivity index (χ0) is 10.7. The van der Waals surface area contributed by atoms with Crippen molar-refractivity contribution in [1.82, 2.24) is 9.97 Å². The Labute approximate surface area is 96.3 Å². The Hall–Kier alpha value is -1.42. The standard InChI is InChI=1S/C11H9BrN2O/c1-8-6-13-7-11(14-8)15-10-4-2-9(12)3-5-10/h2-7H,1H3. The Bertz CT molecular complexity index is 456. The average Bonchev–Trinajstić information content (AvgIpc) is 2.22. The van der Waals surface area contributed by atoms with Crippen LogP contribution in [-0.2, 0) is 0 Å². The molecule has 0 saturated heterocycles. The SMILES string of the molecule is Cc1cncc(Oc2ccc(Br)cc2)n1. The van der Waals surface area contributed by atoms with Crippen LogP contribution in [0.25, 0.3) is 0 Å². The molecule has 0 aliphatic rings. The number of ether oxygens (including phenoxy) is 1. The summed E-state index contributed by atoms with van der Waals surface area (Å²) in [5.74, 6) is 1.26. The van der Waals surface area contributed by atoms with Crippen molar-refractivity contribution in [3.05, 3.63) is 46.8 Å². The van der Waals surface area contributed by atoms with Crippen LogP contribution in [0.4, 0.5) is 0 Å². The van der Waals surface area contributed by atoms with Gasteiger partial charge in [-0.1, -0.05) is 15.9 Å². The quantitative estimate of drug-likeness (QED) is 0.835. The van der Waals surface area contributed by atoms with Crippen LogP contribution >= 0.6 is 15.9 Å². The summed E-state index contributed by atoms with van der Waals surface area (Å²) in [7, 11) is 0. The van der Waals surface area contributed by atoms with Crippen LogP contribution in [0.2, 0.25) is 0 Å². The second kappa shape index (κ2) is 4.40. The molecule has 0 radical (unpaired) electrons. The molecule has 0 aliphatic heterocycles. The highest BCUT2D eigenvalue weighted by atomic mass is 79.9. The van der Waals surface area contributed by atoms with Gasteiger partial charge in [-0.15, -0.1) is 0 Å². The van der Waals surface area contributed by atoms with E-state index in [1.165, 1.54) is 0 Å². The first-order valence-electron chi connectivity index (χ1n) is 4.46. The topological polar surface area (TPSA) is 35.0 Å². The maximum atomic E-state index is 5.52. The molecule has 3 nitrogen and oxygen atoms in total. The zero-order valence-electron chi connectivity index (χ0n) is 8.14. The van der Waals surface area contributed by atoms with Gasteiger partial charge in [0, 0.05) is 10.7 Å². The van der Waals surface area contributed by atoms with Gasteiger partial charge < -0.3 is 4.74 Å². The second-order valence-electron chi connectivity index (χ2n) is 3.05. The maximum absolute atomic E-state index is 5.52. The third-order valence-electron chi connectivity index (χ3n) is 1.77. The average molecular weight is 265 g/mol. The molecule has 76 valence electrons. The predicted octanol–water partition coefficient (Wildman–Crippen LogP) is 3.34. The lowest BCUT2D eigenvalue weighted by atomic mass is 10.3. The van der Waals surface area contributed by atoms with Crippen molar-refractivity contribution in [2.45, 2.75) is 6.92 Å². The molecule has 1 aromatic heterocycles. The summed E-state index contributed by atoms with van der Waals surface area (Å²) in [5, 5.41) is 0. The number of aryl methyl sites for hydroxylation is 1. The minimum absolute atomic E-state index is 0.511. The van der Waals surface area contributed by atoms with Crippen molar-refractivity contribution in [2.24, 2.45) is 0 Å². The summed E-state index contributed by atoms with van der Waals surface area (Å²) in [4.78, 5) is 8.20. The van der Waals surface area contributed by atoms with E-state index in [2.05, 4.69) is 25.9 Å². The Balaban J connectivity index is 2.18. The fraction of sp³-hybridized carbons (Fsp3) is 0.0909. The van der Waals surface area contributed by atoms with Gasteiger partial charge >= 0.3 is 0 Å². The third kappa shape index (κ3) is 2.76. The van der Waals surface area contributed by atoms with Crippen LogP contribution < -0.4 is 4.74 Å². The van der Waals surface area contributed by atoms with Crippen molar-refractivity contribution in [3.8, 4) is 11.6 Å². The number of halogens is 1. The lowest BCUT2D eigenvalue weighted by Crippen LogP contribution is -1.90. The van der Waals surface area contributed by atoms with Crippen molar-refractivity contribution >= 4 is 15.9 Å². The van der Waals surface area contributed by atoms with Crippen LogP contribution in [0.3, 0.4) is 0 Å².